The summed E-state index contributed by atoms with van der Waals surface area (Å²) in [6, 6.07) is 2.30. The summed E-state index contributed by atoms with van der Waals surface area (Å²) in [7, 11) is 0. The van der Waals surface area contributed by atoms with Crippen LogP contribution in [0.2, 0.25) is 0 Å². The second-order valence-corrected chi connectivity index (χ2v) is 9.45. The fraction of sp³-hybridized carbons (Fsp3) is 0.857. The first-order chi connectivity index (χ1) is 13.1. The van der Waals surface area contributed by atoms with Crippen LogP contribution in [0.3, 0.4) is 0 Å². The van der Waals surface area contributed by atoms with Crippen LogP contribution >= 0.6 is 0 Å². The standard InChI is InChI=1S/C21H36N4O3/c1-15-11-17(12-23-19(27)28-20(3,4)5)13-25(15)16(2)18(26)24-21(14-22)9-7-6-8-10-21/h15-17H,6-13H2,1-5H3,(H,23,27)(H,24,26)/t15-,16-,17+/m1/s1. The van der Waals surface area contributed by atoms with Gasteiger partial charge >= 0.3 is 6.09 Å². The molecule has 0 radical (unpaired) electrons. The molecular weight excluding hydrogens is 356 g/mol. The summed E-state index contributed by atoms with van der Waals surface area (Å²) in [5.41, 5.74) is -1.22. The number of hydrogen-bond acceptors (Lipinski definition) is 5. The Labute approximate surface area is 169 Å². The van der Waals surface area contributed by atoms with E-state index in [2.05, 4.69) is 28.5 Å². The van der Waals surface area contributed by atoms with Crippen LogP contribution in [0.5, 0.6) is 0 Å². The number of hydrogen-bond donors (Lipinski definition) is 2. The number of nitriles is 1. The van der Waals surface area contributed by atoms with Crippen LogP contribution in [-0.4, -0.2) is 53.2 Å². The molecule has 7 nitrogen and oxygen atoms in total. The van der Waals surface area contributed by atoms with E-state index in [0.29, 0.717) is 6.54 Å². The Balaban J connectivity index is 1.86. The molecule has 1 saturated heterocycles. The lowest BCUT2D eigenvalue weighted by Crippen LogP contribution is -2.55. The van der Waals surface area contributed by atoms with Gasteiger partial charge in [0.1, 0.15) is 11.1 Å². The molecule has 158 valence electrons. The van der Waals surface area contributed by atoms with E-state index in [0.717, 1.165) is 45.1 Å². The maximum Gasteiger partial charge on any atom is 0.407 e. The number of ether oxygens (including phenoxy) is 1. The minimum atomic E-state index is -0.704. The molecule has 0 unspecified atom stereocenters. The van der Waals surface area contributed by atoms with E-state index in [1.165, 1.54) is 0 Å². The van der Waals surface area contributed by atoms with Crippen molar-refractivity contribution in [2.75, 3.05) is 13.1 Å². The van der Waals surface area contributed by atoms with Crippen molar-refractivity contribution < 1.29 is 14.3 Å². The van der Waals surface area contributed by atoms with Gasteiger partial charge in [0.05, 0.1) is 12.1 Å². The van der Waals surface area contributed by atoms with Gasteiger partial charge in [0.2, 0.25) is 5.91 Å². The first kappa shape index (κ1) is 22.5. The first-order valence-electron chi connectivity index (χ1n) is 10.5. The van der Waals surface area contributed by atoms with Gasteiger partial charge in [0.15, 0.2) is 0 Å². The highest BCUT2D eigenvalue weighted by atomic mass is 16.6. The second-order valence-electron chi connectivity index (χ2n) is 9.45. The molecule has 2 rings (SSSR count). The second kappa shape index (κ2) is 9.13. The largest absolute Gasteiger partial charge is 0.444 e. The van der Waals surface area contributed by atoms with Crippen LogP contribution in [0.15, 0.2) is 0 Å². The molecule has 0 aromatic carbocycles. The molecule has 0 bridgehead atoms. The first-order valence-corrected chi connectivity index (χ1v) is 10.5. The Hall–Kier alpha value is -1.81. The number of nitrogens with zero attached hydrogens (tertiary/aromatic N) is 2. The van der Waals surface area contributed by atoms with Crippen molar-refractivity contribution in [2.45, 2.75) is 96.4 Å². The SMILES string of the molecule is C[C@@H]1C[C@@H](CNC(=O)OC(C)(C)C)CN1[C@H](C)C(=O)NC1(C#N)CCCCC1. The molecule has 1 heterocycles. The number of carbonyl (C=O) groups excluding carboxylic acids is 2. The van der Waals surface area contributed by atoms with E-state index < -0.39 is 17.2 Å². The van der Waals surface area contributed by atoms with Crippen molar-refractivity contribution in [3.63, 3.8) is 0 Å². The topological polar surface area (TPSA) is 94.5 Å². The Kier molecular flexibility index (Phi) is 7.33. The lowest BCUT2D eigenvalue weighted by molar-refractivity contribution is -0.127. The molecule has 2 N–H and O–H groups in total. The molecule has 1 aliphatic heterocycles. The zero-order chi connectivity index (χ0) is 20.9. The number of amides is 2. The Morgan fingerprint density at radius 3 is 2.50 bits per heavy atom. The van der Waals surface area contributed by atoms with Gasteiger partial charge in [-0.05, 0) is 59.8 Å². The van der Waals surface area contributed by atoms with Crippen LogP contribution in [0.25, 0.3) is 0 Å². The van der Waals surface area contributed by atoms with Crippen LogP contribution in [-0.2, 0) is 9.53 Å². The van der Waals surface area contributed by atoms with Crippen LogP contribution < -0.4 is 10.6 Å². The van der Waals surface area contributed by atoms with E-state index in [9.17, 15) is 14.9 Å². The van der Waals surface area contributed by atoms with Gasteiger partial charge < -0.3 is 15.4 Å². The number of nitrogens with one attached hydrogen (secondary N) is 2. The highest BCUT2D eigenvalue weighted by Crippen LogP contribution is 2.29. The molecule has 3 atom stereocenters. The zero-order valence-electron chi connectivity index (χ0n) is 18.0. The van der Waals surface area contributed by atoms with Crippen molar-refractivity contribution in [1.82, 2.24) is 15.5 Å². The molecule has 2 fully saturated rings. The lowest BCUT2D eigenvalue weighted by Gasteiger charge is -2.35. The maximum atomic E-state index is 12.8. The number of likely N-dealkylation sites (tertiary alicyclic amines) is 1. The van der Waals surface area contributed by atoms with E-state index in [-0.39, 0.29) is 23.9 Å². The molecule has 1 aliphatic carbocycles. The summed E-state index contributed by atoms with van der Waals surface area (Å²) in [6.45, 7) is 10.8. The fourth-order valence-electron chi connectivity index (χ4n) is 4.31. The average molecular weight is 393 g/mol. The highest BCUT2D eigenvalue weighted by molar-refractivity contribution is 5.82. The van der Waals surface area contributed by atoms with Gasteiger partial charge in [-0.3, -0.25) is 9.69 Å². The smallest absolute Gasteiger partial charge is 0.407 e. The van der Waals surface area contributed by atoms with Crippen LogP contribution in [0.1, 0.15) is 73.1 Å². The zero-order valence-corrected chi connectivity index (χ0v) is 18.0. The summed E-state index contributed by atoms with van der Waals surface area (Å²) in [6.07, 6.45) is 5.08. The normalized spacial score (nSPS) is 26.1. The number of rotatable bonds is 5. The third-order valence-electron chi connectivity index (χ3n) is 5.80. The predicted octanol–water partition coefficient (Wildman–Crippen LogP) is 2.95. The molecule has 0 aromatic rings. The third-order valence-corrected chi connectivity index (χ3v) is 5.80. The molecule has 1 saturated carbocycles. The Bertz CT molecular complexity index is 602. The van der Waals surface area contributed by atoms with Gasteiger partial charge in [0.25, 0.3) is 0 Å². The summed E-state index contributed by atoms with van der Waals surface area (Å²) in [5.74, 6) is 0.202. The van der Waals surface area contributed by atoms with Gasteiger partial charge in [-0.15, -0.1) is 0 Å². The Morgan fingerprint density at radius 2 is 1.93 bits per heavy atom. The minimum Gasteiger partial charge on any atom is -0.444 e. The monoisotopic (exact) mass is 392 g/mol. The van der Waals surface area contributed by atoms with Gasteiger partial charge in [-0.1, -0.05) is 19.3 Å². The summed E-state index contributed by atoms with van der Waals surface area (Å²) < 4.78 is 5.29. The summed E-state index contributed by atoms with van der Waals surface area (Å²) in [4.78, 5) is 26.9. The van der Waals surface area contributed by atoms with Crippen molar-refractivity contribution in [3.05, 3.63) is 0 Å². The van der Waals surface area contributed by atoms with Crippen molar-refractivity contribution in [1.29, 1.82) is 5.26 Å². The molecule has 2 aliphatic rings. The Morgan fingerprint density at radius 1 is 1.29 bits per heavy atom. The van der Waals surface area contributed by atoms with Crippen molar-refractivity contribution >= 4 is 12.0 Å². The average Bonchev–Trinajstić information content (AvgIpc) is 2.99. The third kappa shape index (κ3) is 6.10. The molecule has 0 spiro atoms. The van der Waals surface area contributed by atoms with Crippen LogP contribution in [0, 0.1) is 17.2 Å². The van der Waals surface area contributed by atoms with Crippen LogP contribution in [0.4, 0.5) is 4.79 Å². The summed E-state index contributed by atoms with van der Waals surface area (Å²) in [5, 5.41) is 15.5. The summed E-state index contributed by atoms with van der Waals surface area (Å²) >= 11 is 0. The van der Waals surface area contributed by atoms with E-state index in [4.69, 9.17) is 4.74 Å². The van der Waals surface area contributed by atoms with Gasteiger partial charge in [-0.2, -0.15) is 5.26 Å². The maximum absolute atomic E-state index is 12.8. The molecule has 0 aromatic heterocycles. The number of alkyl carbamates (subject to hydrolysis) is 1. The van der Waals surface area contributed by atoms with E-state index in [1.807, 2.05) is 27.7 Å². The fourth-order valence-corrected chi connectivity index (χ4v) is 4.31. The molecule has 2 amide bonds. The lowest BCUT2D eigenvalue weighted by atomic mass is 9.82. The van der Waals surface area contributed by atoms with E-state index in [1.54, 1.807) is 0 Å². The highest BCUT2D eigenvalue weighted by Gasteiger charge is 2.39. The number of carbonyl (C=O) groups is 2. The van der Waals surface area contributed by atoms with E-state index >= 15 is 0 Å². The molecule has 28 heavy (non-hydrogen) atoms. The molecular formula is C21H36N4O3. The quantitative estimate of drug-likeness (QED) is 0.750. The van der Waals surface area contributed by atoms with Gasteiger partial charge in [-0.25, -0.2) is 4.79 Å². The van der Waals surface area contributed by atoms with Crippen molar-refractivity contribution in [3.8, 4) is 6.07 Å². The predicted molar refractivity (Wildman–Crippen MR) is 108 cm³/mol. The molecule has 7 heteroatoms. The minimum absolute atomic E-state index is 0.0731. The van der Waals surface area contributed by atoms with Gasteiger partial charge in [0, 0.05) is 19.1 Å². The van der Waals surface area contributed by atoms with Crippen molar-refractivity contribution in [2.24, 2.45) is 5.92 Å².